The van der Waals surface area contributed by atoms with E-state index >= 15 is 0 Å². The third kappa shape index (κ3) is 2.44. The van der Waals surface area contributed by atoms with Crippen LogP contribution in [0.1, 0.15) is 17.4 Å². The summed E-state index contributed by atoms with van der Waals surface area (Å²) in [6, 6.07) is 9.93. The summed E-state index contributed by atoms with van der Waals surface area (Å²) in [4.78, 5) is 4.12. The van der Waals surface area contributed by atoms with Gasteiger partial charge in [-0.2, -0.15) is 0 Å². The van der Waals surface area contributed by atoms with Crippen LogP contribution in [0.3, 0.4) is 0 Å². The van der Waals surface area contributed by atoms with Crippen LogP contribution in [0, 0.1) is 0 Å². The lowest BCUT2D eigenvalue weighted by molar-refractivity contribution is 0.174. The third-order valence-electron chi connectivity index (χ3n) is 2.34. The average molecular weight is 202 g/mol. The van der Waals surface area contributed by atoms with Crippen molar-refractivity contribution in [2.75, 3.05) is 0 Å². The summed E-state index contributed by atoms with van der Waals surface area (Å²) >= 11 is 0. The van der Waals surface area contributed by atoms with Gasteiger partial charge in [0.15, 0.2) is 0 Å². The van der Waals surface area contributed by atoms with Gasteiger partial charge >= 0.3 is 0 Å². The van der Waals surface area contributed by atoms with E-state index in [-0.39, 0.29) is 0 Å². The molecule has 0 bridgehead atoms. The minimum atomic E-state index is -0.520. The maximum atomic E-state index is 9.91. The van der Waals surface area contributed by atoms with Crippen LogP contribution in [0.25, 0.3) is 0 Å². The molecule has 1 heterocycles. The van der Waals surface area contributed by atoms with E-state index in [4.69, 9.17) is 0 Å². The molecule has 2 aromatic rings. The molecule has 0 radical (unpaired) electrons. The van der Waals surface area contributed by atoms with Crippen molar-refractivity contribution < 1.29 is 5.11 Å². The van der Waals surface area contributed by atoms with E-state index in [1.54, 1.807) is 6.33 Å². The first kappa shape index (κ1) is 9.93. The number of imidazole rings is 1. The van der Waals surface area contributed by atoms with Crippen LogP contribution in [-0.2, 0) is 13.5 Å². The summed E-state index contributed by atoms with van der Waals surface area (Å²) in [5, 5.41) is 9.91. The maximum absolute atomic E-state index is 9.91. The molecule has 1 aromatic heterocycles. The largest absolute Gasteiger partial charge is 0.386 e. The van der Waals surface area contributed by atoms with Gasteiger partial charge in [-0.3, -0.25) is 0 Å². The van der Waals surface area contributed by atoms with Gasteiger partial charge in [0, 0.05) is 19.7 Å². The van der Waals surface area contributed by atoms with Gasteiger partial charge in [-0.1, -0.05) is 30.3 Å². The van der Waals surface area contributed by atoms with Crippen molar-refractivity contribution in [3.63, 3.8) is 0 Å². The molecule has 0 spiro atoms. The average Bonchev–Trinajstić information content (AvgIpc) is 2.66. The topological polar surface area (TPSA) is 38.0 Å². The van der Waals surface area contributed by atoms with Gasteiger partial charge in [-0.05, 0) is 5.56 Å². The van der Waals surface area contributed by atoms with Crippen LogP contribution in [0.4, 0.5) is 0 Å². The number of aliphatic hydroxyl groups excluding tert-OH is 1. The number of aliphatic hydroxyl groups is 1. The molecule has 0 aliphatic heterocycles. The van der Waals surface area contributed by atoms with E-state index in [9.17, 15) is 5.11 Å². The lowest BCUT2D eigenvalue weighted by atomic mass is 10.1. The normalized spacial score (nSPS) is 12.7. The Morgan fingerprint density at radius 3 is 2.67 bits per heavy atom. The Hall–Kier alpha value is -1.61. The molecule has 1 N–H and O–H groups in total. The Morgan fingerprint density at radius 2 is 2.07 bits per heavy atom. The van der Waals surface area contributed by atoms with Gasteiger partial charge in [-0.15, -0.1) is 0 Å². The summed E-state index contributed by atoms with van der Waals surface area (Å²) in [6.07, 6.45) is 3.63. The van der Waals surface area contributed by atoms with E-state index in [1.807, 2.05) is 48.1 Å². The second kappa shape index (κ2) is 4.28. The zero-order valence-corrected chi connectivity index (χ0v) is 8.67. The second-order valence-corrected chi connectivity index (χ2v) is 3.67. The molecule has 15 heavy (non-hydrogen) atoms. The lowest BCUT2D eigenvalue weighted by Gasteiger charge is -2.07. The zero-order valence-electron chi connectivity index (χ0n) is 8.67. The van der Waals surface area contributed by atoms with Gasteiger partial charge in [0.25, 0.3) is 0 Å². The number of aryl methyl sites for hydroxylation is 1. The van der Waals surface area contributed by atoms with Crippen molar-refractivity contribution in [3.05, 3.63) is 54.1 Å². The molecule has 78 valence electrons. The summed E-state index contributed by atoms with van der Waals surface area (Å²) in [7, 11) is 1.89. The minimum absolute atomic E-state index is 0.520. The highest BCUT2D eigenvalue weighted by Crippen LogP contribution is 2.15. The molecule has 3 nitrogen and oxygen atoms in total. The molecule has 1 atom stereocenters. The Labute approximate surface area is 89.0 Å². The number of nitrogens with zero attached hydrogens (tertiary/aromatic N) is 2. The predicted octanol–water partition coefficient (Wildman–Crippen LogP) is 1.70. The van der Waals surface area contributed by atoms with E-state index in [2.05, 4.69) is 4.98 Å². The molecule has 0 fully saturated rings. The highest BCUT2D eigenvalue weighted by Gasteiger charge is 2.10. The monoisotopic (exact) mass is 202 g/mol. The molecule has 3 heteroatoms. The predicted molar refractivity (Wildman–Crippen MR) is 58.3 cm³/mol. The molecule has 0 aliphatic carbocycles. The number of benzene rings is 1. The van der Waals surface area contributed by atoms with Gasteiger partial charge in [-0.25, -0.2) is 4.98 Å². The van der Waals surface area contributed by atoms with E-state index < -0.39 is 6.10 Å². The first-order valence-corrected chi connectivity index (χ1v) is 4.95. The van der Waals surface area contributed by atoms with Gasteiger partial charge in [0.05, 0.1) is 12.0 Å². The van der Waals surface area contributed by atoms with Gasteiger partial charge in [0.1, 0.15) is 6.10 Å². The molecule has 1 aromatic carbocycles. The molecule has 0 aliphatic rings. The fraction of sp³-hybridized carbons (Fsp3) is 0.250. The molecular weight excluding hydrogens is 188 g/mol. The van der Waals surface area contributed by atoms with Crippen LogP contribution in [-0.4, -0.2) is 14.7 Å². The van der Waals surface area contributed by atoms with Gasteiger partial charge < -0.3 is 9.67 Å². The summed E-state index contributed by atoms with van der Waals surface area (Å²) in [5.74, 6) is 0. The van der Waals surface area contributed by atoms with Crippen LogP contribution >= 0.6 is 0 Å². The van der Waals surface area contributed by atoms with Crippen LogP contribution in [0.15, 0.2) is 42.9 Å². The number of rotatable bonds is 3. The fourth-order valence-corrected chi connectivity index (χ4v) is 1.55. The van der Waals surface area contributed by atoms with Crippen molar-refractivity contribution >= 4 is 0 Å². The van der Waals surface area contributed by atoms with Crippen molar-refractivity contribution in [1.82, 2.24) is 9.55 Å². The highest BCUT2D eigenvalue weighted by atomic mass is 16.3. The van der Waals surface area contributed by atoms with E-state index in [1.165, 1.54) is 0 Å². The number of hydrogen-bond donors (Lipinski definition) is 1. The summed E-state index contributed by atoms with van der Waals surface area (Å²) < 4.78 is 1.84. The third-order valence-corrected chi connectivity index (χ3v) is 2.34. The van der Waals surface area contributed by atoms with Gasteiger partial charge in [0.2, 0.25) is 0 Å². The standard InChI is InChI=1S/C12H14N2O/c1-14-8-11(13-9-14)12(15)7-10-5-3-2-4-6-10/h2-6,8-9,12,15H,7H2,1H3. The van der Waals surface area contributed by atoms with Crippen LogP contribution < -0.4 is 0 Å². The Balaban J connectivity index is 2.07. The fourth-order valence-electron chi connectivity index (χ4n) is 1.55. The molecule has 0 saturated heterocycles. The smallest absolute Gasteiger partial charge is 0.101 e. The van der Waals surface area contributed by atoms with Crippen LogP contribution in [0.5, 0.6) is 0 Å². The quantitative estimate of drug-likeness (QED) is 0.822. The molecule has 0 amide bonds. The van der Waals surface area contributed by atoms with Crippen LogP contribution in [0.2, 0.25) is 0 Å². The first-order valence-electron chi connectivity index (χ1n) is 4.95. The van der Waals surface area contributed by atoms with E-state index in [0.29, 0.717) is 6.42 Å². The van der Waals surface area contributed by atoms with Crippen molar-refractivity contribution in [2.24, 2.45) is 7.05 Å². The minimum Gasteiger partial charge on any atom is -0.386 e. The summed E-state index contributed by atoms with van der Waals surface area (Å²) in [5.41, 5.74) is 1.84. The SMILES string of the molecule is Cn1cnc(C(O)Cc2ccccc2)c1. The highest BCUT2D eigenvalue weighted by molar-refractivity contribution is 5.17. The maximum Gasteiger partial charge on any atom is 0.101 e. The Bertz CT molecular complexity index is 422. The first-order chi connectivity index (χ1) is 7.25. The molecule has 0 saturated carbocycles. The Morgan fingerprint density at radius 1 is 1.33 bits per heavy atom. The molecule has 1 unspecified atom stereocenters. The van der Waals surface area contributed by atoms with Crippen molar-refractivity contribution in [3.8, 4) is 0 Å². The number of hydrogen-bond acceptors (Lipinski definition) is 2. The second-order valence-electron chi connectivity index (χ2n) is 3.67. The van der Waals surface area contributed by atoms with Crippen molar-refractivity contribution in [2.45, 2.75) is 12.5 Å². The molecular formula is C12H14N2O. The Kier molecular flexibility index (Phi) is 2.83. The number of aromatic nitrogens is 2. The summed E-state index contributed by atoms with van der Waals surface area (Å²) in [6.45, 7) is 0. The van der Waals surface area contributed by atoms with Crippen molar-refractivity contribution in [1.29, 1.82) is 0 Å². The van der Waals surface area contributed by atoms with E-state index in [0.717, 1.165) is 11.3 Å². The zero-order chi connectivity index (χ0) is 10.7. The molecule has 2 rings (SSSR count). The lowest BCUT2D eigenvalue weighted by Crippen LogP contribution is -2.01.